The third kappa shape index (κ3) is 1.82. The van der Waals surface area contributed by atoms with Gasteiger partial charge in [-0.05, 0) is 30.7 Å². The van der Waals surface area contributed by atoms with Crippen molar-refractivity contribution >= 4 is 10.9 Å². The second-order valence-electron chi connectivity index (χ2n) is 4.55. The van der Waals surface area contributed by atoms with Gasteiger partial charge in [-0.3, -0.25) is 0 Å². The third-order valence-corrected chi connectivity index (χ3v) is 3.43. The molecule has 1 heteroatoms. The van der Waals surface area contributed by atoms with E-state index in [9.17, 15) is 0 Å². The van der Waals surface area contributed by atoms with Crippen molar-refractivity contribution in [1.82, 2.24) is 4.57 Å². The molecule has 0 aliphatic carbocycles. The minimum absolute atomic E-state index is 0.945. The topological polar surface area (TPSA) is 4.93 Å². The first-order chi connectivity index (χ1) is 9.35. The second kappa shape index (κ2) is 4.66. The van der Waals surface area contributed by atoms with Crippen LogP contribution >= 0.6 is 0 Å². The second-order valence-corrected chi connectivity index (χ2v) is 4.55. The van der Waals surface area contributed by atoms with E-state index in [4.69, 9.17) is 6.42 Å². The fourth-order valence-corrected chi connectivity index (χ4v) is 2.56. The van der Waals surface area contributed by atoms with Crippen LogP contribution in [-0.2, 0) is 6.42 Å². The molecule has 3 aromatic rings. The molecular formula is C18H15N. The molecule has 1 heterocycles. The van der Waals surface area contributed by atoms with E-state index < -0.39 is 0 Å². The van der Waals surface area contributed by atoms with Gasteiger partial charge in [-0.15, -0.1) is 6.42 Å². The van der Waals surface area contributed by atoms with Crippen LogP contribution in [0.1, 0.15) is 18.2 Å². The molecule has 0 N–H and O–H groups in total. The van der Waals surface area contributed by atoms with Gasteiger partial charge >= 0.3 is 0 Å². The predicted octanol–water partition coefficient (Wildman–Crippen LogP) is 4.17. The molecule has 2 aromatic carbocycles. The molecule has 0 radical (unpaired) electrons. The van der Waals surface area contributed by atoms with Crippen molar-refractivity contribution in [3.8, 4) is 18.0 Å². The average molecular weight is 245 g/mol. The Morgan fingerprint density at radius 2 is 1.84 bits per heavy atom. The highest BCUT2D eigenvalue weighted by Crippen LogP contribution is 2.27. The molecule has 0 spiro atoms. The van der Waals surface area contributed by atoms with Gasteiger partial charge in [0.25, 0.3) is 0 Å². The van der Waals surface area contributed by atoms with Gasteiger partial charge in [0.05, 0.1) is 5.52 Å². The van der Waals surface area contributed by atoms with Crippen molar-refractivity contribution in [2.24, 2.45) is 0 Å². The van der Waals surface area contributed by atoms with Gasteiger partial charge in [-0.1, -0.05) is 43.2 Å². The Labute approximate surface area is 113 Å². The largest absolute Gasteiger partial charge is 0.312 e. The van der Waals surface area contributed by atoms with Crippen LogP contribution in [0.2, 0.25) is 0 Å². The highest BCUT2D eigenvalue weighted by atomic mass is 15.0. The van der Waals surface area contributed by atoms with Crippen molar-refractivity contribution in [3.05, 3.63) is 65.9 Å². The summed E-state index contributed by atoms with van der Waals surface area (Å²) in [5.74, 6) is 2.80. The van der Waals surface area contributed by atoms with Crippen molar-refractivity contribution < 1.29 is 0 Å². The Hall–Kier alpha value is -2.46. The smallest absolute Gasteiger partial charge is 0.0687 e. The molecule has 0 fully saturated rings. The molecule has 0 aliphatic rings. The molecular weight excluding hydrogens is 230 g/mol. The zero-order valence-electron chi connectivity index (χ0n) is 10.9. The molecule has 0 saturated heterocycles. The van der Waals surface area contributed by atoms with Crippen molar-refractivity contribution in [2.75, 3.05) is 0 Å². The molecule has 1 aromatic heterocycles. The number of aromatic nitrogens is 1. The van der Waals surface area contributed by atoms with E-state index in [1.54, 1.807) is 0 Å². The number of rotatable bonds is 2. The number of aryl methyl sites for hydroxylation is 1. The average Bonchev–Trinajstić information content (AvgIpc) is 2.86. The van der Waals surface area contributed by atoms with Crippen molar-refractivity contribution in [1.29, 1.82) is 0 Å². The van der Waals surface area contributed by atoms with Crippen LogP contribution < -0.4 is 0 Å². The summed E-state index contributed by atoms with van der Waals surface area (Å²) in [4.78, 5) is 0. The lowest BCUT2D eigenvalue weighted by Gasteiger charge is -2.10. The summed E-state index contributed by atoms with van der Waals surface area (Å²) >= 11 is 0. The minimum Gasteiger partial charge on any atom is -0.312 e. The molecule has 3 rings (SSSR count). The number of hydrogen-bond donors (Lipinski definition) is 0. The van der Waals surface area contributed by atoms with Gasteiger partial charge in [0.2, 0.25) is 0 Å². The Balaban J connectivity index is 2.42. The fourth-order valence-electron chi connectivity index (χ4n) is 2.56. The quantitative estimate of drug-likeness (QED) is 0.597. The fraction of sp³-hybridized carbons (Fsp3) is 0.111. The van der Waals surface area contributed by atoms with Crippen LogP contribution in [0.4, 0.5) is 0 Å². The summed E-state index contributed by atoms with van der Waals surface area (Å²) in [5.41, 5.74) is 4.52. The van der Waals surface area contributed by atoms with Crippen LogP contribution in [0.3, 0.4) is 0 Å². The van der Waals surface area contributed by atoms with Gasteiger partial charge in [0.15, 0.2) is 0 Å². The van der Waals surface area contributed by atoms with Crippen LogP contribution in [0.5, 0.6) is 0 Å². The first-order valence-electron chi connectivity index (χ1n) is 6.50. The summed E-state index contributed by atoms with van der Waals surface area (Å²) in [5, 5.41) is 1.20. The van der Waals surface area contributed by atoms with Gasteiger partial charge < -0.3 is 4.57 Å². The lowest BCUT2D eigenvalue weighted by atomic mass is 10.1. The predicted molar refractivity (Wildman–Crippen MR) is 80.6 cm³/mol. The van der Waals surface area contributed by atoms with E-state index in [1.807, 2.05) is 18.2 Å². The van der Waals surface area contributed by atoms with Gasteiger partial charge in [-0.2, -0.15) is 0 Å². The zero-order valence-corrected chi connectivity index (χ0v) is 10.9. The molecule has 0 aliphatic heterocycles. The van der Waals surface area contributed by atoms with E-state index >= 15 is 0 Å². The van der Waals surface area contributed by atoms with E-state index in [0.29, 0.717) is 0 Å². The minimum atomic E-state index is 0.945. The van der Waals surface area contributed by atoms with Crippen LogP contribution in [0, 0.1) is 12.3 Å². The van der Waals surface area contributed by atoms with E-state index in [0.717, 1.165) is 23.2 Å². The standard InChI is InChI=1S/C18H15N/c1-3-14-9-8-10-15-13-16(4-2)19(18(14)15)17-11-6-5-7-12-17/h1,5-13H,4H2,2H3. The highest BCUT2D eigenvalue weighted by Gasteiger charge is 2.11. The summed E-state index contributed by atoms with van der Waals surface area (Å²) < 4.78 is 2.27. The third-order valence-electron chi connectivity index (χ3n) is 3.43. The summed E-state index contributed by atoms with van der Waals surface area (Å²) in [6, 6.07) is 18.7. The molecule has 0 atom stereocenters. The van der Waals surface area contributed by atoms with Gasteiger partial charge in [0.1, 0.15) is 0 Å². The maximum atomic E-state index is 5.65. The number of para-hydroxylation sites is 2. The number of fused-ring (bicyclic) bond motifs is 1. The summed E-state index contributed by atoms with van der Waals surface area (Å²) in [6.07, 6.45) is 6.63. The SMILES string of the molecule is C#Cc1cccc2cc(CC)n(-c3ccccc3)c12. The Bertz CT molecular complexity index is 757. The molecule has 0 saturated carbocycles. The number of benzene rings is 2. The molecule has 1 nitrogen and oxygen atoms in total. The number of nitrogens with zero attached hydrogens (tertiary/aromatic N) is 1. The highest BCUT2D eigenvalue weighted by molar-refractivity contribution is 5.88. The summed E-state index contributed by atoms with van der Waals surface area (Å²) in [7, 11) is 0. The summed E-state index contributed by atoms with van der Waals surface area (Å²) in [6.45, 7) is 2.17. The van der Waals surface area contributed by atoms with Crippen LogP contribution in [-0.4, -0.2) is 4.57 Å². The maximum Gasteiger partial charge on any atom is 0.0687 e. The first kappa shape index (κ1) is 11.6. The van der Waals surface area contributed by atoms with E-state index in [1.165, 1.54) is 11.1 Å². The first-order valence-corrected chi connectivity index (χ1v) is 6.50. The Morgan fingerprint density at radius 1 is 1.05 bits per heavy atom. The Morgan fingerprint density at radius 3 is 2.53 bits per heavy atom. The van der Waals surface area contributed by atoms with Crippen LogP contribution in [0.25, 0.3) is 16.6 Å². The Kier molecular flexibility index (Phi) is 2.85. The van der Waals surface area contributed by atoms with Crippen LogP contribution in [0.15, 0.2) is 54.6 Å². The number of terminal acetylenes is 1. The normalized spacial score (nSPS) is 10.5. The maximum absolute atomic E-state index is 5.65. The zero-order chi connectivity index (χ0) is 13.2. The monoisotopic (exact) mass is 245 g/mol. The molecule has 0 amide bonds. The van der Waals surface area contributed by atoms with Gasteiger partial charge in [0, 0.05) is 22.3 Å². The lowest BCUT2D eigenvalue weighted by molar-refractivity contribution is 0.960. The molecule has 0 unspecified atom stereocenters. The van der Waals surface area contributed by atoms with Crippen molar-refractivity contribution in [3.63, 3.8) is 0 Å². The van der Waals surface area contributed by atoms with E-state index in [-0.39, 0.29) is 0 Å². The molecule has 19 heavy (non-hydrogen) atoms. The van der Waals surface area contributed by atoms with Gasteiger partial charge in [-0.25, -0.2) is 0 Å². The lowest BCUT2D eigenvalue weighted by Crippen LogP contribution is -1.99. The van der Waals surface area contributed by atoms with Crippen molar-refractivity contribution in [2.45, 2.75) is 13.3 Å². The number of hydrogen-bond acceptors (Lipinski definition) is 0. The molecule has 0 bridgehead atoms. The van der Waals surface area contributed by atoms with E-state index in [2.05, 4.69) is 53.8 Å². The molecule has 92 valence electrons.